The molecule has 7 heteroatoms. The van der Waals surface area contributed by atoms with Gasteiger partial charge in [-0.25, -0.2) is 8.42 Å². The number of benzene rings is 1. The molecule has 0 saturated carbocycles. The fourth-order valence-electron chi connectivity index (χ4n) is 1.77. The molecule has 0 N–H and O–H groups in total. The molecule has 5 nitrogen and oxygen atoms in total. The number of hydrogen-bond acceptors (Lipinski definition) is 4. The van der Waals surface area contributed by atoms with Crippen molar-refractivity contribution in [3.05, 3.63) is 24.3 Å². The maximum Gasteiger partial charge on any atom is 0.243 e. The Morgan fingerprint density at radius 2 is 1.81 bits per heavy atom. The van der Waals surface area contributed by atoms with Crippen molar-refractivity contribution < 1.29 is 17.9 Å². The molecule has 1 rings (SSSR count). The normalized spacial score (nSPS) is 11.8. The van der Waals surface area contributed by atoms with Crippen LogP contribution in [-0.4, -0.2) is 51.5 Å². The summed E-state index contributed by atoms with van der Waals surface area (Å²) in [5.74, 6) is 0.994. The standard InChI is InChI=1S/C14H22ClNO4S/c1-3-16(10-12-19-4-2)21(17,18)14-7-5-13(6-8-14)20-11-9-15/h5-8H,3-4,9-12H2,1-2H3. The van der Waals surface area contributed by atoms with E-state index in [9.17, 15) is 8.42 Å². The molecular weight excluding hydrogens is 314 g/mol. The van der Waals surface area contributed by atoms with Crippen molar-refractivity contribution in [1.82, 2.24) is 4.31 Å². The summed E-state index contributed by atoms with van der Waals surface area (Å²) in [5, 5.41) is 0. The minimum atomic E-state index is -3.50. The SMILES string of the molecule is CCOCCN(CC)S(=O)(=O)c1ccc(OCCCl)cc1. The van der Waals surface area contributed by atoms with Crippen molar-refractivity contribution in [2.45, 2.75) is 18.7 Å². The molecule has 0 radical (unpaired) electrons. The summed E-state index contributed by atoms with van der Waals surface area (Å²) >= 11 is 5.54. The molecule has 0 aromatic heterocycles. The molecule has 0 aliphatic carbocycles. The molecule has 120 valence electrons. The molecule has 0 aliphatic heterocycles. The van der Waals surface area contributed by atoms with E-state index in [2.05, 4.69) is 0 Å². The molecule has 0 saturated heterocycles. The van der Waals surface area contributed by atoms with Gasteiger partial charge in [0.25, 0.3) is 0 Å². The molecule has 0 fully saturated rings. The van der Waals surface area contributed by atoms with Gasteiger partial charge in [-0.05, 0) is 31.2 Å². The van der Waals surface area contributed by atoms with Gasteiger partial charge >= 0.3 is 0 Å². The third-order valence-electron chi connectivity index (χ3n) is 2.85. The first-order valence-electron chi connectivity index (χ1n) is 6.93. The summed E-state index contributed by atoms with van der Waals surface area (Å²) in [5.41, 5.74) is 0. The molecule has 0 unspecified atom stereocenters. The molecule has 0 bridgehead atoms. The summed E-state index contributed by atoms with van der Waals surface area (Å²) in [7, 11) is -3.50. The Bertz CT molecular complexity index is 504. The monoisotopic (exact) mass is 335 g/mol. The van der Waals surface area contributed by atoms with E-state index in [0.717, 1.165) is 0 Å². The van der Waals surface area contributed by atoms with Gasteiger partial charge in [0, 0.05) is 19.7 Å². The summed E-state index contributed by atoms with van der Waals surface area (Å²) in [6.07, 6.45) is 0. The average Bonchev–Trinajstić information content (AvgIpc) is 2.49. The predicted molar refractivity (Wildman–Crippen MR) is 83.6 cm³/mol. The Hall–Kier alpha value is -0.820. The molecule has 0 spiro atoms. The van der Waals surface area contributed by atoms with Crippen molar-refractivity contribution in [2.24, 2.45) is 0 Å². The Morgan fingerprint density at radius 1 is 1.14 bits per heavy atom. The lowest BCUT2D eigenvalue weighted by molar-refractivity contribution is 0.135. The zero-order valence-corrected chi connectivity index (χ0v) is 14.0. The molecule has 21 heavy (non-hydrogen) atoms. The molecular formula is C14H22ClNO4S. The van der Waals surface area contributed by atoms with E-state index in [-0.39, 0.29) is 4.90 Å². The van der Waals surface area contributed by atoms with Gasteiger partial charge in [-0.1, -0.05) is 6.92 Å². The van der Waals surface area contributed by atoms with Crippen LogP contribution < -0.4 is 4.74 Å². The van der Waals surface area contributed by atoms with Crippen LogP contribution in [0.4, 0.5) is 0 Å². The highest BCUT2D eigenvalue weighted by atomic mass is 35.5. The van der Waals surface area contributed by atoms with E-state index in [4.69, 9.17) is 21.1 Å². The minimum absolute atomic E-state index is 0.249. The van der Waals surface area contributed by atoms with Gasteiger partial charge in [0.1, 0.15) is 12.4 Å². The molecule has 0 heterocycles. The quantitative estimate of drug-likeness (QED) is 0.486. The highest BCUT2D eigenvalue weighted by molar-refractivity contribution is 7.89. The number of sulfonamides is 1. The summed E-state index contributed by atoms with van der Waals surface area (Å²) in [6.45, 7) is 5.79. The summed E-state index contributed by atoms with van der Waals surface area (Å²) in [6, 6.07) is 6.36. The zero-order valence-electron chi connectivity index (χ0n) is 12.4. The smallest absolute Gasteiger partial charge is 0.243 e. The van der Waals surface area contributed by atoms with Gasteiger partial charge < -0.3 is 9.47 Å². The number of hydrogen-bond donors (Lipinski definition) is 0. The second kappa shape index (κ2) is 9.25. The minimum Gasteiger partial charge on any atom is -0.492 e. The second-order valence-electron chi connectivity index (χ2n) is 4.20. The van der Waals surface area contributed by atoms with Crippen LogP contribution in [0, 0.1) is 0 Å². The first kappa shape index (κ1) is 18.2. The van der Waals surface area contributed by atoms with E-state index in [1.807, 2.05) is 6.92 Å². The van der Waals surface area contributed by atoms with Crippen LogP contribution in [0.3, 0.4) is 0 Å². The van der Waals surface area contributed by atoms with Crippen molar-refractivity contribution in [2.75, 3.05) is 38.8 Å². The molecule has 0 aliphatic rings. The van der Waals surface area contributed by atoms with Gasteiger partial charge in [0.15, 0.2) is 0 Å². The van der Waals surface area contributed by atoms with E-state index in [1.54, 1.807) is 31.2 Å². The van der Waals surface area contributed by atoms with Crippen LogP contribution >= 0.6 is 11.6 Å². The van der Waals surface area contributed by atoms with Gasteiger partial charge in [0.2, 0.25) is 10.0 Å². The predicted octanol–water partition coefficient (Wildman–Crippen LogP) is 2.35. The number of halogens is 1. The first-order valence-corrected chi connectivity index (χ1v) is 8.90. The highest BCUT2D eigenvalue weighted by Crippen LogP contribution is 2.19. The Labute approximate surface area is 131 Å². The summed E-state index contributed by atoms with van der Waals surface area (Å²) < 4.78 is 36.9. The molecule has 1 aromatic rings. The topological polar surface area (TPSA) is 55.8 Å². The van der Waals surface area contributed by atoms with Crippen molar-refractivity contribution >= 4 is 21.6 Å². The first-order chi connectivity index (χ1) is 10.1. The number of rotatable bonds is 10. The third kappa shape index (κ3) is 5.47. The highest BCUT2D eigenvalue weighted by Gasteiger charge is 2.22. The van der Waals surface area contributed by atoms with E-state index >= 15 is 0 Å². The van der Waals surface area contributed by atoms with Crippen LogP contribution in [0.1, 0.15) is 13.8 Å². The van der Waals surface area contributed by atoms with Gasteiger partial charge in [0.05, 0.1) is 17.4 Å². The third-order valence-corrected chi connectivity index (χ3v) is 4.99. The molecule has 1 aromatic carbocycles. The fraction of sp³-hybridized carbons (Fsp3) is 0.571. The van der Waals surface area contributed by atoms with Gasteiger partial charge in [-0.15, -0.1) is 11.6 Å². The number of likely N-dealkylation sites (N-methyl/N-ethyl adjacent to an activating group) is 1. The maximum absolute atomic E-state index is 12.5. The van der Waals surface area contributed by atoms with Gasteiger partial charge in [-0.2, -0.15) is 4.31 Å². The molecule has 0 amide bonds. The molecule has 0 atom stereocenters. The Morgan fingerprint density at radius 3 is 2.33 bits per heavy atom. The van der Waals surface area contributed by atoms with Crippen LogP contribution in [0.5, 0.6) is 5.75 Å². The lowest BCUT2D eigenvalue weighted by atomic mass is 10.3. The number of alkyl halides is 1. The Balaban J connectivity index is 2.79. The second-order valence-corrected chi connectivity index (χ2v) is 6.52. The van der Waals surface area contributed by atoms with Crippen molar-refractivity contribution in [3.63, 3.8) is 0 Å². The van der Waals surface area contributed by atoms with Crippen LogP contribution in [0.2, 0.25) is 0 Å². The largest absolute Gasteiger partial charge is 0.492 e. The lowest BCUT2D eigenvalue weighted by Crippen LogP contribution is -2.33. The van der Waals surface area contributed by atoms with E-state index < -0.39 is 10.0 Å². The summed E-state index contributed by atoms with van der Waals surface area (Å²) in [4.78, 5) is 0.249. The lowest BCUT2D eigenvalue weighted by Gasteiger charge is -2.20. The van der Waals surface area contributed by atoms with Crippen LogP contribution in [-0.2, 0) is 14.8 Å². The van der Waals surface area contributed by atoms with Crippen molar-refractivity contribution in [3.8, 4) is 5.75 Å². The van der Waals surface area contributed by atoms with Gasteiger partial charge in [-0.3, -0.25) is 0 Å². The number of ether oxygens (including phenoxy) is 2. The number of nitrogens with zero attached hydrogens (tertiary/aromatic N) is 1. The van der Waals surface area contributed by atoms with Crippen molar-refractivity contribution in [1.29, 1.82) is 0 Å². The van der Waals surface area contributed by atoms with E-state index in [0.29, 0.717) is 44.5 Å². The maximum atomic E-state index is 12.5. The van der Waals surface area contributed by atoms with Crippen LogP contribution in [0.15, 0.2) is 29.2 Å². The van der Waals surface area contributed by atoms with E-state index in [1.165, 1.54) is 4.31 Å². The van der Waals surface area contributed by atoms with Crippen LogP contribution in [0.25, 0.3) is 0 Å². The zero-order chi connectivity index (χ0) is 15.7. The Kier molecular flexibility index (Phi) is 8.03. The fourth-order valence-corrected chi connectivity index (χ4v) is 3.28. The average molecular weight is 336 g/mol.